The average Bonchev–Trinajstić information content (AvgIpc) is 3.23. The summed E-state index contributed by atoms with van der Waals surface area (Å²) in [6.07, 6.45) is 2.19. The maximum absolute atomic E-state index is 11.5. The smallest absolute Gasteiger partial charge is 0.474 e. The molecule has 0 spiro atoms. The Kier molecular flexibility index (Phi) is 4.43. The zero-order valence-corrected chi connectivity index (χ0v) is 17.3. The van der Waals surface area contributed by atoms with Gasteiger partial charge < -0.3 is 19.4 Å². The van der Waals surface area contributed by atoms with E-state index >= 15 is 0 Å². The average molecular weight is 386 g/mol. The largest absolute Gasteiger partial charge is 0.514 e. The molecule has 2 aliphatic heterocycles. The molecule has 8 nitrogen and oxygen atoms in total. The van der Waals surface area contributed by atoms with Crippen molar-refractivity contribution in [2.24, 2.45) is 13.0 Å². The number of hydrogen-bond donors (Lipinski definition) is 1. The molecule has 2 aromatic rings. The number of ether oxygens (including phenoxy) is 1. The van der Waals surface area contributed by atoms with Gasteiger partial charge in [0, 0.05) is 32.1 Å². The fourth-order valence-electron chi connectivity index (χ4n) is 3.53. The first-order chi connectivity index (χ1) is 13.1. The van der Waals surface area contributed by atoms with E-state index in [4.69, 9.17) is 19.0 Å². The van der Waals surface area contributed by atoms with Crippen molar-refractivity contribution in [2.75, 3.05) is 6.54 Å². The minimum Gasteiger partial charge on any atom is -0.474 e. The summed E-state index contributed by atoms with van der Waals surface area (Å²) < 4.78 is 20.2. The summed E-state index contributed by atoms with van der Waals surface area (Å²) in [5.41, 5.74) is 0.489. The molecule has 9 heteroatoms. The van der Waals surface area contributed by atoms with Gasteiger partial charge in [0.25, 0.3) is 0 Å². The predicted molar refractivity (Wildman–Crippen MR) is 105 cm³/mol. The summed E-state index contributed by atoms with van der Waals surface area (Å²) in [7, 11) is 1.27. The third kappa shape index (κ3) is 3.26. The SMILES string of the molecule is C[C@@H](Oc1nc(B2OC(C)(C)C(C)(C)O2)cc2nn(C)cc12)[C@H]1CNC(=O)C1. The highest BCUT2D eigenvalue weighted by atomic mass is 16.7. The van der Waals surface area contributed by atoms with Crippen molar-refractivity contribution >= 4 is 29.5 Å². The lowest BCUT2D eigenvalue weighted by Crippen LogP contribution is -2.41. The summed E-state index contributed by atoms with van der Waals surface area (Å²) in [5.74, 6) is 0.662. The number of aryl methyl sites for hydroxylation is 1. The van der Waals surface area contributed by atoms with Crippen LogP contribution in [0.25, 0.3) is 10.9 Å². The molecule has 0 aliphatic carbocycles. The van der Waals surface area contributed by atoms with Crippen molar-refractivity contribution in [1.82, 2.24) is 20.1 Å². The number of pyridine rings is 1. The third-order valence-electron chi connectivity index (χ3n) is 6.07. The summed E-state index contributed by atoms with van der Waals surface area (Å²) in [4.78, 5) is 16.3. The lowest BCUT2D eigenvalue weighted by molar-refractivity contribution is -0.119. The zero-order valence-electron chi connectivity index (χ0n) is 17.3. The van der Waals surface area contributed by atoms with E-state index in [2.05, 4.69) is 10.4 Å². The molecule has 1 amide bonds. The molecule has 2 fully saturated rings. The number of aromatic nitrogens is 3. The molecule has 0 bridgehead atoms. The molecule has 2 aliphatic rings. The quantitative estimate of drug-likeness (QED) is 0.794. The van der Waals surface area contributed by atoms with Crippen molar-refractivity contribution < 1.29 is 18.8 Å². The standard InChI is InChI=1S/C19H27BN4O4/c1-11(12-7-16(25)21-9-12)26-17-13-10-24(6)23-14(13)8-15(22-17)20-27-18(2,3)19(4,5)28-20/h8,10-12H,7,9H2,1-6H3,(H,21,25)/t11-,12-/m1/s1. The van der Waals surface area contributed by atoms with Gasteiger partial charge in [-0.1, -0.05) is 0 Å². The molecule has 150 valence electrons. The lowest BCUT2D eigenvalue weighted by atomic mass is 9.84. The van der Waals surface area contributed by atoms with Gasteiger partial charge in [-0.25, -0.2) is 4.98 Å². The Morgan fingerprint density at radius 2 is 2.00 bits per heavy atom. The van der Waals surface area contributed by atoms with Gasteiger partial charge in [-0.2, -0.15) is 5.10 Å². The molecular formula is C19H27BN4O4. The van der Waals surface area contributed by atoms with Crippen LogP contribution in [0, 0.1) is 5.92 Å². The van der Waals surface area contributed by atoms with Crippen LogP contribution in [0.2, 0.25) is 0 Å². The molecule has 0 saturated carbocycles. The minimum absolute atomic E-state index is 0.0610. The first-order valence-electron chi connectivity index (χ1n) is 9.69. The number of nitrogens with zero attached hydrogens (tertiary/aromatic N) is 3. The van der Waals surface area contributed by atoms with Crippen LogP contribution in [-0.4, -0.2) is 51.6 Å². The van der Waals surface area contributed by atoms with Crippen LogP contribution in [-0.2, 0) is 21.2 Å². The first-order valence-corrected chi connectivity index (χ1v) is 9.69. The summed E-state index contributed by atoms with van der Waals surface area (Å²) in [5, 5.41) is 8.20. The maximum Gasteiger partial charge on any atom is 0.514 e. The molecule has 0 radical (unpaired) electrons. The Labute approximate surface area is 165 Å². The number of hydrogen-bond acceptors (Lipinski definition) is 6. The number of nitrogens with one attached hydrogen (secondary N) is 1. The van der Waals surface area contributed by atoms with Crippen LogP contribution in [0.5, 0.6) is 5.88 Å². The van der Waals surface area contributed by atoms with Gasteiger partial charge in [0.15, 0.2) is 0 Å². The second-order valence-electron chi connectivity index (χ2n) is 8.77. The summed E-state index contributed by atoms with van der Waals surface area (Å²) in [6.45, 7) is 10.6. The van der Waals surface area contributed by atoms with Gasteiger partial charge in [0.2, 0.25) is 11.8 Å². The van der Waals surface area contributed by atoms with E-state index in [-0.39, 0.29) is 17.9 Å². The number of carbonyl (C=O) groups excluding carboxylic acids is 1. The van der Waals surface area contributed by atoms with Gasteiger partial charge in [-0.3, -0.25) is 9.48 Å². The van der Waals surface area contributed by atoms with E-state index in [1.165, 1.54) is 0 Å². The fourth-order valence-corrected chi connectivity index (χ4v) is 3.53. The highest BCUT2D eigenvalue weighted by Gasteiger charge is 2.52. The van der Waals surface area contributed by atoms with Gasteiger partial charge in [-0.15, -0.1) is 0 Å². The number of rotatable bonds is 4. The number of fused-ring (bicyclic) bond motifs is 1. The minimum atomic E-state index is -0.594. The van der Waals surface area contributed by atoms with E-state index in [0.717, 1.165) is 10.9 Å². The Bertz CT molecular complexity index is 910. The normalized spacial score (nSPS) is 24.6. The van der Waals surface area contributed by atoms with Crippen molar-refractivity contribution in [3.8, 4) is 5.88 Å². The third-order valence-corrected chi connectivity index (χ3v) is 6.07. The Morgan fingerprint density at radius 1 is 1.32 bits per heavy atom. The van der Waals surface area contributed by atoms with Crippen LogP contribution >= 0.6 is 0 Å². The monoisotopic (exact) mass is 386 g/mol. The number of amides is 1. The second kappa shape index (κ2) is 6.45. The molecule has 1 N–H and O–H groups in total. The van der Waals surface area contributed by atoms with E-state index in [0.29, 0.717) is 24.4 Å². The van der Waals surface area contributed by atoms with Crippen molar-refractivity contribution in [3.05, 3.63) is 12.3 Å². The van der Waals surface area contributed by atoms with Crippen molar-refractivity contribution in [2.45, 2.75) is 58.3 Å². The van der Waals surface area contributed by atoms with Gasteiger partial charge in [-0.05, 0) is 40.7 Å². The highest BCUT2D eigenvalue weighted by Crippen LogP contribution is 2.37. The van der Waals surface area contributed by atoms with Crippen LogP contribution in [0.15, 0.2) is 12.3 Å². The van der Waals surface area contributed by atoms with E-state index in [1.54, 1.807) is 4.68 Å². The first kappa shape index (κ1) is 19.2. The molecule has 0 aromatic carbocycles. The lowest BCUT2D eigenvalue weighted by Gasteiger charge is -2.32. The summed E-state index contributed by atoms with van der Waals surface area (Å²) in [6, 6.07) is 1.88. The molecule has 4 heterocycles. The molecule has 4 rings (SSSR count). The molecule has 28 heavy (non-hydrogen) atoms. The Morgan fingerprint density at radius 3 is 2.61 bits per heavy atom. The topological polar surface area (TPSA) is 87.5 Å². The fraction of sp³-hybridized carbons (Fsp3) is 0.632. The number of carbonyl (C=O) groups is 1. The predicted octanol–water partition coefficient (Wildman–Crippen LogP) is 1.17. The van der Waals surface area contributed by atoms with Crippen LogP contribution < -0.4 is 15.6 Å². The highest BCUT2D eigenvalue weighted by molar-refractivity contribution is 6.61. The van der Waals surface area contributed by atoms with Crippen LogP contribution in [0.4, 0.5) is 0 Å². The van der Waals surface area contributed by atoms with Gasteiger partial charge in [0.05, 0.1) is 27.7 Å². The zero-order chi connectivity index (χ0) is 20.3. The van der Waals surface area contributed by atoms with E-state index in [9.17, 15) is 4.79 Å². The molecule has 0 unspecified atom stereocenters. The van der Waals surface area contributed by atoms with Crippen LogP contribution in [0.1, 0.15) is 41.0 Å². The second-order valence-corrected chi connectivity index (χ2v) is 8.77. The maximum atomic E-state index is 11.5. The van der Waals surface area contributed by atoms with Crippen molar-refractivity contribution in [3.63, 3.8) is 0 Å². The molecular weight excluding hydrogens is 359 g/mol. The summed E-state index contributed by atoms with van der Waals surface area (Å²) >= 11 is 0. The van der Waals surface area contributed by atoms with E-state index in [1.807, 2.05) is 53.9 Å². The van der Waals surface area contributed by atoms with Crippen molar-refractivity contribution in [1.29, 1.82) is 0 Å². The molecule has 2 saturated heterocycles. The molecule has 2 aromatic heterocycles. The Balaban J connectivity index is 1.67. The van der Waals surface area contributed by atoms with Crippen LogP contribution in [0.3, 0.4) is 0 Å². The van der Waals surface area contributed by atoms with Gasteiger partial charge >= 0.3 is 7.12 Å². The van der Waals surface area contributed by atoms with E-state index < -0.39 is 18.3 Å². The van der Waals surface area contributed by atoms with Gasteiger partial charge in [0.1, 0.15) is 6.10 Å². The molecule has 2 atom stereocenters. The Hall–Kier alpha value is -2.13.